The Balaban J connectivity index is 1.59. The largest absolute Gasteiger partial charge is 0.459 e. The molecule has 2 heterocycles. The number of hydrogen-bond acceptors (Lipinski definition) is 5. The van der Waals surface area contributed by atoms with Gasteiger partial charge in [0, 0.05) is 37.4 Å². The summed E-state index contributed by atoms with van der Waals surface area (Å²) in [7, 11) is -3.22. The van der Waals surface area contributed by atoms with Gasteiger partial charge in [-0.05, 0) is 43.3 Å². The molecule has 1 N–H and O–H groups in total. The Kier molecular flexibility index (Phi) is 5.62. The van der Waals surface area contributed by atoms with E-state index in [0.717, 1.165) is 0 Å². The fourth-order valence-corrected chi connectivity index (χ4v) is 3.92. The number of rotatable bonds is 5. The average molecular weight is 391 g/mol. The SMILES string of the molecule is CCS(=O)(=O)N1CCN(C(=O)c2ccc(NC(=O)c3ccco3)cc2)CC1. The molecule has 0 saturated carbocycles. The Hall–Kier alpha value is -2.65. The molecule has 0 bridgehead atoms. The summed E-state index contributed by atoms with van der Waals surface area (Å²) < 4.78 is 30.2. The molecule has 1 aliphatic heterocycles. The smallest absolute Gasteiger partial charge is 0.291 e. The maximum absolute atomic E-state index is 12.6. The molecule has 0 spiro atoms. The van der Waals surface area contributed by atoms with Gasteiger partial charge in [0.1, 0.15) is 0 Å². The summed E-state index contributed by atoms with van der Waals surface area (Å²) >= 11 is 0. The topological polar surface area (TPSA) is 99.9 Å². The van der Waals surface area contributed by atoms with E-state index in [2.05, 4.69) is 5.32 Å². The van der Waals surface area contributed by atoms with Crippen LogP contribution in [0.1, 0.15) is 27.8 Å². The monoisotopic (exact) mass is 391 g/mol. The molecule has 1 aromatic heterocycles. The van der Waals surface area contributed by atoms with Crippen molar-refractivity contribution in [1.82, 2.24) is 9.21 Å². The van der Waals surface area contributed by atoms with Crippen LogP contribution in [0.15, 0.2) is 47.1 Å². The van der Waals surface area contributed by atoms with Gasteiger partial charge in [-0.15, -0.1) is 0 Å². The van der Waals surface area contributed by atoms with Crippen LogP contribution in [-0.2, 0) is 10.0 Å². The quantitative estimate of drug-likeness (QED) is 0.835. The number of amides is 2. The van der Waals surface area contributed by atoms with Crippen molar-refractivity contribution in [1.29, 1.82) is 0 Å². The van der Waals surface area contributed by atoms with Crippen LogP contribution in [0.2, 0.25) is 0 Å². The van der Waals surface area contributed by atoms with Gasteiger partial charge in [0.25, 0.3) is 11.8 Å². The van der Waals surface area contributed by atoms with Crippen LogP contribution in [-0.4, -0.2) is 61.4 Å². The number of hydrogen-bond donors (Lipinski definition) is 1. The van der Waals surface area contributed by atoms with E-state index in [9.17, 15) is 18.0 Å². The molecule has 9 heteroatoms. The number of benzene rings is 1. The number of sulfonamides is 1. The molecule has 144 valence electrons. The highest BCUT2D eigenvalue weighted by molar-refractivity contribution is 7.89. The number of carbonyl (C=O) groups excluding carboxylic acids is 2. The second-order valence-corrected chi connectivity index (χ2v) is 8.36. The van der Waals surface area contributed by atoms with Crippen LogP contribution in [0.3, 0.4) is 0 Å². The Labute approximate surface area is 157 Å². The fraction of sp³-hybridized carbons (Fsp3) is 0.333. The molecule has 1 aliphatic rings. The Morgan fingerprint density at radius 1 is 1.07 bits per heavy atom. The van der Waals surface area contributed by atoms with E-state index >= 15 is 0 Å². The Morgan fingerprint density at radius 2 is 1.74 bits per heavy atom. The summed E-state index contributed by atoms with van der Waals surface area (Å²) in [5.41, 5.74) is 1.03. The van der Waals surface area contributed by atoms with Gasteiger partial charge < -0.3 is 14.6 Å². The maximum Gasteiger partial charge on any atom is 0.291 e. The van der Waals surface area contributed by atoms with Gasteiger partial charge in [-0.3, -0.25) is 9.59 Å². The van der Waals surface area contributed by atoms with Crippen molar-refractivity contribution in [3.8, 4) is 0 Å². The lowest BCUT2D eigenvalue weighted by molar-refractivity contribution is 0.0698. The molecule has 27 heavy (non-hydrogen) atoms. The third-order valence-electron chi connectivity index (χ3n) is 4.42. The normalized spacial score (nSPS) is 15.5. The number of piperazine rings is 1. The first-order valence-corrected chi connectivity index (χ1v) is 10.2. The summed E-state index contributed by atoms with van der Waals surface area (Å²) in [5.74, 6) is -0.263. The van der Waals surface area contributed by atoms with Gasteiger partial charge in [-0.1, -0.05) is 0 Å². The van der Waals surface area contributed by atoms with Gasteiger partial charge >= 0.3 is 0 Å². The van der Waals surface area contributed by atoms with Crippen molar-refractivity contribution in [3.05, 3.63) is 54.0 Å². The van der Waals surface area contributed by atoms with Gasteiger partial charge in [0.15, 0.2) is 5.76 Å². The van der Waals surface area contributed by atoms with Gasteiger partial charge in [-0.2, -0.15) is 4.31 Å². The first-order valence-electron chi connectivity index (χ1n) is 8.62. The van der Waals surface area contributed by atoms with E-state index in [1.54, 1.807) is 48.2 Å². The van der Waals surface area contributed by atoms with E-state index in [1.165, 1.54) is 10.6 Å². The zero-order valence-corrected chi connectivity index (χ0v) is 15.7. The summed E-state index contributed by atoms with van der Waals surface area (Å²) in [4.78, 5) is 26.2. The summed E-state index contributed by atoms with van der Waals surface area (Å²) in [6.07, 6.45) is 1.42. The second-order valence-electron chi connectivity index (χ2n) is 6.10. The van der Waals surface area contributed by atoms with Crippen LogP contribution in [0, 0.1) is 0 Å². The van der Waals surface area contributed by atoms with Crippen molar-refractivity contribution in [2.75, 3.05) is 37.2 Å². The third kappa shape index (κ3) is 4.37. The molecule has 0 unspecified atom stereocenters. The van der Waals surface area contributed by atoms with E-state index < -0.39 is 10.0 Å². The zero-order valence-electron chi connectivity index (χ0n) is 14.9. The highest BCUT2D eigenvalue weighted by Crippen LogP contribution is 2.15. The van der Waals surface area contributed by atoms with Crippen molar-refractivity contribution < 1.29 is 22.4 Å². The molecule has 3 rings (SSSR count). The lowest BCUT2D eigenvalue weighted by atomic mass is 10.1. The summed E-state index contributed by atoms with van der Waals surface area (Å²) in [6.45, 7) is 2.93. The van der Waals surface area contributed by atoms with E-state index in [4.69, 9.17) is 4.42 Å². The van der Waals surface area contributed by atoms with Crippen LogP contribution >= 0.6 is 0 Å². The Bertz CT molecular complexity index is 899. The Morgan fingerprint density at radius 3 is 2.30 bits per heavy atom. The average Bonchev–Trinajstić information content (AvgIpc) is 3.23. The molecule has 8 nitrogen and oxygen atoms in total. The van der Waals surface area contributed by atoms with Gasteiger partial charge in [0.2, 0.25) is 10.0 Å². The van der Waals surface area contributed by atoms with E-state index in [0.29, 0.717) is 37.4 Å². The van der Waals surface area contributed by atoms with Crippen molar-refractivity contribution >= 4 is 27.5 Å². The highest BCUT2D eigenvalue weighted by atomic mass is 32.2. The minimum atomic E-state index is -3.22. The number of carbonyl (C=O) groups is 2. The number of nitrogens with zero attached hydrogens (tertiary/aromatic N) is 2. The summed E-state index contributed by atoms with van der Waals surface area (Å²) in [5, 5.41) is 2.69. The molecule has 1 fully saturated rings. The maximum atomic E-state index is 12.6. The van der Waals surface area contributed by atoms with E-state index in [-0.39, 0.29) is 23.3 Å². The lowest BCUT2D eigenvalue weighted by Crippen LogP contribution is -2.50. The molecular weight excluding hydrogens is 370 g/mol. The first-order chi connectivity index (χ1) is 12.9. The minimum absolute atomic E-state index is 0.0616. The molecule has 2 amide bonds. The lowest BCUT2D eigenvalue weighted by Gasteiger charge is -2.33. The predicted octanol–water partition coefficient (Wildman–Crippen LogP) is 1.64. The zero-order chi connectivity index (χ0) is 19.4. The predicted molar refractivity (Wildman–Crippen MR) is 100 cm³/mol. The molecule has 1 saturated heterocycles. The minimum Gasteiger partial charge on any atom is -0.459 e. The standard InChI is InChI=1S/C18H21N3O5S/c1-2-27(24,25)21-11-9-20(10-12-21)18(23)14-5-7-15(8-6-14)19-17(22)16-4-3-13-26-16/h3-8,13H,2,9-12H2,1H3,(H,19,22). The van der Waals surface area contributed by atoms with Crippen LogP contribution in [0.5, 0.6) is 0 Å². The molecule has 0 atom stereocenters. The van der Waals surface area contributed by atoms with Crippen LogP contribution < -0.4 is 5.32 Å². The molecule has 0 aliphatic carbocycles. The highest BCUT2D eigenvalue weighted by Gasteiger charge is 2.28. The number of nitrogens with one attached hydrogen (secondary N) is 1. The van der Waals surface area contributed by atoms with E-state index in [1.807, 2.05) is 0 Å². The van der Waals surface area contributed by atoms with Crippen LogP contribution in [0.4, 0.5) is 5.69 Å². The van der Waals surface area contributed by atoms with Crippen molar-refractivity contribution in [3.63, 3.8) is 0 Å². The first kappa shape index (κ1) is 19.1. The number of anilines is 1. The number of furan rings is 1. The molecule has 1 aromatic carbocycles. The third-order valence-corrected chi connectivity index (χ3v) is 6.30. The van der Waals surface area contributed by atoms with Crippen molar-refractivity contribution in [2.45, 2.75) is 6.92 Å². The van der Waals surface area contributed by atoms with Crippen LogP contribution in [0.25, 0.3) is 0 Å². The molecular formula is C18H21N3O5S. The van der Waals surface area contributed by atoms with Gasteiger partial charge in [-0.25, -0.2) is 8.42 Å². The second kappa shape index (κ2) is 7.93. The molecule has 2 aromatic rings. The van der Waals surface area contributed by atoms with Gasteiger partial charge in [0.05, 0.1) is 12.0 Å². The summed E-state index contributed by atoms with van der Waals surface area (Å²) in [6, 6.07) is 9.75. The fourth-order valence-electron chi connectivity index (χ4n) is 2.83. The van der Waals surface area contributed by atoms with Crippen molar-refractivity contribution in [2.24, 2.45) is 0 Å². The molecule has 0 radical (unpaired) electrons.